The fourth-order valence-electron chi connectivity index (χ4n) is 3.76. The van der Waals surface area contributed by atoms with Gasteiger partial charge in [0.15, 0.2) is 6.61 Å². The molecule has 2 aromatic rings. The number of amides is 2. The van der Waals surface area contributed by atoms with E-state index in [1.54, 1.807) is 30.0 Å². The van der Waals surface area contributed by atoms with Gasteiger partial charge in [-0.1, -0.05) is 60.3 Å². The normalized spacial score (nSPS) is 14.8. The summed E-state index contributed by atoms with van der Waals surface area (Å²) >= 11 is 12.1. The lowest BCUT2D eigenvalue weighted by atomic mass is 10.1. The summed E-state index contributed by atoms with van der Waals surface area (Å²) in [4.78, 5) is 27.6. The second kappa shape index (κ2) is 10.9. The zero-order chi connectivity index (χ0) is 22.4. The van der Waals surface area contributed by atoms with Gasteiger partial charge < -0.3 is 15.0 Å². The van der Waals surface area contributed by atoms with Gasteiger partial charge in [0.1, 0.15) is 11.8 Å². The smallest absolute Gasteiger partial charge is 0.261 e. The molecule has 7 heteroatoms. The third-order valence-corrected chi connectivity index (χ3v) is 6.25. The Morgan fingerprint density at radius 1 is 1.16 bits per heavy atom. The zero-order valence-corrected chi connectivity index (χ0v) is 19.4. The van der Waals surface area contributed by atoms with E-state index in [4.69, 9.17) is 27.9 Å². The fourth-order valence-corrected chi connectivity index (χ4v) is 4.22. The van der Waals surface area contributed by atoms with Crippen LogP contribution < -0.4 is 10.1 Å². The number of ether oxygens (including phenoxy) is 1. The van der Waals surface area contributed by atoms with Crippen molar-refractivity contribution in [1.82, 2.24) is 10.2 Å². The second-order valence-electron chi connectivity index (χ2n) is 7.98. The number of nitrogens with one attached hydrogen (secondary N) is 1. The lowest BCUT2D eigenvalue weighted by Gasteiger charge is -2.30. The molecule has 1 aliphatic rings. The first-order chi connectivity index (χ1) is 14.8. The minimum absolute atomic E-state index is 0.140. The summed E-state index contributed by atoms with van der Waals surface area (Å²) in [6.45, 7) is 3.84. The summed E-state index contributed by atoms with van der Waals surface area (Å²) in [6.07, 6.45) is 4.23. The van der Waals surface area contributed by atoms with Gasteiger partial charge in [-0.15, -0.1) is 0 Å². The summed E-state index contributed by atoms with van der Waals surface area (Å²) in [7, 11) is 0. The van der Waals surface area contributed by atoms with Crippen LogP contribution in [0.15, 0.2) is 42.5 Å². The second-order valence-corrected chi connectivity index (χ2v) is 8.82. The molecule has 0 heterocycles. The number of rotatable bonds is 8. The molecule has 0 radical (unpaired) electrons. The molecule has 5 nitrogen and oxygen atoms in total. The largest absolute Gasteiger partial charge is 0.482 e. The molecule has 1 N–H and O–H groups in total. The molecule has 166 valence electrons. The Hall–Kier alpha value is -2.24. The van der Waals surface area contributed by atoms with E-state index in [2.05, 4.69) is 5.32 Å². The van der Waals surface area contributed by atoms with Crippen LogP contribution in [0.5, 0.6) is 5.75 Å². The number of aryl methyl sites for hydroxylation is 1. The molecule has 0 spiro atoms. The Morgan fingerprint density at radius 3 is 2.55 bits per heavy atom. The van der Waals surface area contributed by atoms with E-state index in [-0.39, 0.29) is 24.5 Å². The summed E-state index contributed by atoms with van der Waals surface area (Å²) in [5.74, 6) is -0.0555. The predicted molar refractivity (Wildman–Crippen MR) is 124 cm³/mol. The minimum Gasteiger partial charge on any atom is -0.482 e. The number of carbonyl (C=O) groups is 2. The van der Waals surface area contributed by atoms with Crippen molar-refractivity contribution in [3.8, 4) is 5.75 Å². The highest BCUT2D eigenvalue weighted by Gasteiger charge is 2.29. The maximum Gasteiger partial charge on any atom is 0.261 e. The molecule has 3 rings (SSSR count). The molecule has 1 unspecified atom stereocenters. The fraction of sp³-hybridized carbons (Fsp3) is 0.417. The van der Waals surface area contributed by atoms with Crippen molar-refractivity contribution in [1.29, 1.82) is 0 Å². The molecular weight excluding hydrogens is 435 g/mol. The number of hydrogen-bond donors (Lipinski definition) is 1. The molecule has 0 bridgehead atoms. The summed E-state index contributed by atoms with van der Waals surface area (Å²) in [6, 6.07) is 12.2. The van der Waals surface area contributed by atoms with E-state index in [0.717, 1.165) is 36.8 Å². The number of halogens is 2. The van der Waals surface area contributed by atoms with Crippen molar-refractivity contribution in [2.75, 3.05) is 6.61 Å². The highest BCUT2D eigenvalue weighted by atomic mass is 35.5. The Labute approximate surface area is 193 Å². The van der Waals surface area contributed by atoms with Crippen LogP contribution >= 0.6 is 23.2 Å². The molecule has 0 saturated heterocycles. The van der Waals surface area contributed by atoms with E-state index < -0.39 is 6.04 Å². The van der Waals surface area contributed by atoms with Crippen molar-refractivity contribution >= 4 is 35.0 Å². The highest BCUT2D eigenvalue weighted by molar-refractivity contribution is 6.35. The molecule has 0 aromatic heterocycles. The third kappa shape index (κ3) is 6.37. The van der Waals surface area contributed by atoms with Gasteiger partial charge in [-0.25, -0.2) is 0 Å². The van der Waals surface area contributed by atoms with Crippen LogP contribution in [0.1, 0.15) is 43.7 Å². The predicted octanol–water partition coefficient (Wildman–Crippen LogP) is 5.16. The summed E-state index contributed by atoms with van der Waals surface area (Å²) in [5.41, 5.74) is 2.05. The molecule has 0 aliphatic heterocycles. The van der Waals surface area contributed by atoms with Crippen LogP contribution in [0.4, 0.5) is 0 Å². The van der Waals surface area contributed by atoms with E-state index in [1.807, 2.05) is 31.2 Å². The number of nitrogens with zero attached hydrogens (tertiary/aromatic N) is 1. The van der Waals surface area contributed by atoms with Crippen molar-refractivity contribution in [3.63, 3.8) is 0 Å². The van der Waals surface area contributed by atoms with Gasteiger partial charge in [-0.05, 0) is 56.0 Å². The van der Waals surface area contributed by atoms with Crippen molar-refractivity contribution < 1.29 is 14.3 Å². The van der Waals surface area contributed by atoms with Gasteiger partial charge in [-0.2, -0.15) is 0 Å². The van der Waals surface area contributed by atoms with Gasteiger partial charge in [0.25, 0.3) is 5.91 Å². The average Bonchev–Trinajstić information content (AvgIpc) is 3.25. The van der Waals surface area contributed by atoms with Crippen molar-refractivity contribution in [3.05, 3.63) is 63.6 Å². The molecular formula is C24H28Cl2N2O3. The van der Waals surface area contributed by atoms with Gasteiger partial charge in [-0.3, -0.25) is 9.59 Å². The monoisotopic (exact) mass is 462 g/mol. The van der Waals surface area contributed by atoms with E-state index in [0.29, 0.717) is 22.3 Å². The van der Waals surface area contributed by atoms with Crippen molar-refractivity contribution in [2.24, 2.45) is 0 Å². The quantitative estimate of drug-likeness (QED) is 0.589. The molecule has 31 heavy (non-hydrogen) atoms. The summed E-state index contributed by atoms with van der Waals surface area (Å²) < 4.78 is 5.65. The zero-order valence-electron chi connectivity index (χ0n) is 17.9. The molecule has 2 aromatic carbocycles. The van der Waals surface area contributed by atoms with E-state index in [1.165, 1.54) is 0 Å². The standard InChI is InChI=1S/C24H28Cl2N2O3/c1-16-7-3-4-8-18(16)14-28(17(2)24(30)27-20-9-5-6-10-20)23(29)15-31-22-12-11-19(25)13-21(22)26/h3-4,7-8,11-13,17,20H,5-6,9-10,14-15H2,1-2H3,(H,27,30). The average molecular weight is 463 g/mol. The molecule has 1 atom stereocenters. The third-order valence-electron chi connectivity index (χ3n) is 5.72. The van der Waals surface area contributed by atoms with Crippen LogP contribution in [-0.4, -0.2) is 35.4 Å². The first kappa shape index (κ1) is 23.4. The number of carbonyl (C=O) groups excluding carboxylic acids is 2. The Bertz CT molecular complexity index is 929. The summed E-state index contributed by atoms with van der Waals surface area (Å²) in [5, 5.41) is 3.91. The van der Waals surface area contributed by atoms with Crippen LogP contribution in [0.2, 0.25) is 10.0 Å². The van der Waals surface area contributed by atoms with Crippen LogP contribution in [-0.2, 0) is 16.1 Å². The maximum atomic E-state index is 13.1. The molecule has 1 fully saturated rings. The van der Waals surface area contributed by atoms with Crippen LogP contribution in [0.25, 0.3) is 0 Å². The van der Waals surface area contributed by atoms with Crippen LogP contribution in [0.3, 0.4) is 0 Å². The molecule has 1 aliphatic carbocycles. The Balaban J connectivity index is 1.74. The van der Waals surface area contributed by atoms with Gasteiger partial charge >= 0.3 is 0 Å². The number of benzene rings is 2. The molecule has 1 saturated carbocycles. The van der Waals surface area contributed by atoms with Crippen LogP contribution in [0, 0.1) is 6.92 Å². The Morgan fingerprint density at radius 2 is 1.87 bits per heavy atom. The lowest BCUT2D eigenvalue weighted by Crippen LogP contribution is -2.50. The first-order valence-electron chi connectivity index (χ1n) is 10.6. The Kier molecular flexibility index (Phi) is 8.22. The maximum absolute atomic E-state index is 13.1. The van der Waals surface area contributed by atoms with E-state index >= 15 is 0 Å². The van der Waals surface area contributed by atoms with E-state index in [9.17, 15) is 9.59 Å². The van der Waals surface area contributed by atoms with Crippen molar-refractivity contribution in [2.45, 2.75) is 58.2 Å². The lowest BCUT2D eigenvalue weighted by molar-refractivity contribution is -0.142. The molecule has 2 amide bonds. The highest BCUT2D eigenvalue weighted by Crippen LogP contribution is 2.27. The van der Waals surface area contributed by atoms with Gasteiger partial charge in [0, 0.05) is 17.6 Å². The topological polar surface area (TPSA) is 58.6 Å². The van der Waals surface area contributed by atoms with Gasteiger partial charge in [0.2, 0.25) is 5.91 Å². The SMILES string of the molecule is Cc1ccccc1CN(C(=O)COc1ccc(Cl)cc1Cl)C(C)C(=O)NC1CCCC1. The minimum atomic E-state index is -0.628. The number of hydrogen-bond acceptors (Lipinski definition) is 3. The van der Waals surface area contributed by atoms with Gasteiger partial charge in [0.05, 0.1) is 5.02 Å². The first-order valence-corrected chi connectivity index (χ1v) is 11.3.